The summed E-state index contributed by atoms with van der Waals surface area (Å²) >= 11 is 0. The van der Waals surface area contributed by atoms with Crippen LogP contribution in [0.4, 0.5) is 8.78 Å². The lowest BCUT2D eigenvalue weighted by Crippen LogP contribution is -2.48. The van der Waals surface area contributed by atoms with Gasteiger partial charge < -0.3 is 14.7 Å². The van der Waals surface area contributed by atoms with Crippen LogP contribution < -0.4 is 4.74 Å². The summed E-state index contributed by atoms with van der Waals surface area (Å²) in [6.45, 7) is 2.51. The molecule has 7 heteroatoms. The maximum absolute atomic E-state index is 12.7. The number of benzene rings is 1. The Labute approximate surface area is 139 Å². The van der Waals surface area contributed by atoms with Gasteiger partial charge in [-0.1, -0.05) is 0 Å². The smallest absolute Gasteiger partial charge is 0.387 e. The average Bonchev–Trinajstić information content (AvgIpc) is 2.49. The van der Waals surface area contributed by atoms with Crippen LogP contribution in [-0.4, -0.2) is 41.6 Å². The number of ether oxygens (including phenoxy) is 1. The van der Waals surface area contributed by atoms with Crippen LogP contribution in [-0.2, 0) is 4.79 Å². The van der Waals surface area contributed by atoms with E-state index in [-0.39, 0.29) is 18.2 Å². The van der Waals surface area contributed by atoms with Gasteiger partial charge in [0.2, 0.25) is 0 Å². The van der Waals surface area contributed by atoms with Crippen molar-refractivity contribution in [3.05, 3.63) is 28.8 Å². The fourth-order valence-corrected chi connectivity index (χ4v) is 3.12. The number of alkyl halides is 2. The molecule has 0 saturated carbocycles. The van der Waals surface area contributed by atoms with Gasteiger partial charge in [0.05, 0.1) is 5.41 Å². The molecule has 0 aromatic heterocycles. The van der Waals surface area contributed by atoms with E-state index >= 15 is 0 Å². The zero-order valence-corrected chi connectivity index (χ0v) is 13.9. The number of rotatable bonds is 4. The van der Waals surface area contributed by atoms with E-state index in [0.29, 0.717) is 36.1 Å². The number of halogens is 2. The van der Waals surface area contributed by atoms with Gasteiger partial charge in [0, 0.05) is 18.7 Å². The second kappa shape index (κ2) is 6.75. The first kappa shape index (κ1) is 18.2. The number of piperidine rings is 1. The minimum Gasteiger partial charge on any atom is -0.481 e. The molecule has 1 aromatic carbocycles. The van der Waals surface area contributed by atoms with Crippen molar-refractivity contribution in [3.8, 4) is 5.75 Å². The van der Waals surface area contributed by atoms with Gasteiger partial charge in [0.25, 0.3) is 5.91 Å². The summed E-state index contributed by atoms with van der Waals surface area (Å²) in [6, 6.07) is 3.00. The van der Waals surface area contributed by atoms with Crippen LogP contribution in [0.25, 0.3) is 0 Å². The van der Waals surface area contributed by atoms with Gasteiger partial charge in [-0.2, -0.15) is 8.78 Å². The first-order valence-corrected chi connectivity index (χ1v) is 7.73. The summed E-state index contributed by atoms with van der Waals surface area (Å²) < 4.78 is 29.4. The summed E-state index contributed by atoms with van der Waals surface area (Å²) in [5, 5.41) is 9.35. The molecule has 2 rings (SSSR count). The molecular formula is C17H21F2NO4. The zero-order valence-electron chi connectivity index (χ0n) is 13.9. The van der Waals surface area contributed by atoms with Gasteiger partial charge in [0.15, 0.2) is 0 Å². The van der Waals surface area contributed by atoms with E-state index in [2.05, 4.69) is 4.74 Å². The summed E-state index contributed by atoms with van der Waals surface area (Å²) in [6.07, 6.45) is 1.13. The van der Waals surface area contributed by atoms with Crippen molar-refractivity contribution in [2.45, 2.75) is 40.2 Å². The number of carbonyl (C=O) groups excluding carboxylic acids is 1. The van der Waals surface area contributed by atoms with E-state index in [1.54, 1.807) is 20.8 Å². The summed E-state index contributed by atoms with van der Waals surface area (Å²) in [5.41, 5.74) is 0.269. The molecule has 1 amide bonds. The van der Waals surface area contributed by atoms with E-state index in [9.17, 15) is 23.5 Å². The SMILES string of the molecule is Cc1cc(C(=O)N2CCCC(C)(C(=O)O)C2)cc(C)c1OC(F)F. The molecular weight excluding hydrogens is 320 g/mol. The van der Waals surface area contributed by atoms with Crippen molar-refractivity contribution in [1.29, 1.82) is 0 Å². The van der Waals surface area contributed by atoms with E-state index in [4.69, 9.17) is 0 Å². The summed E-state index contributed by atoms with van der Waals surface area (Å²) in [4.78, 5) is 25.6. The molecule has 1 heterocycles. The number of aliphatic carboxylic acids is 1. The first-order valence-electron chi connectivity index (χ1n) is 7.73. The van der Waals surface area contributed by atoms with Crippen LogP contribution >= 0.6 is 0 Å². The molecule has 0 aliphatic carbocycles. The number of amides is 1. The summed E-state index contributed by atoms with van der Waals surface area (Å²) in [5.74, 6) is -1.15. The Morgan fingerprint density at radius 1 is 1.29 bits per heavy atom. The average molecular weight is 341 g/mol. The Balaban J connectivity index is 2.25. The Morgan fingerprint density at radius 3 is 2.38 bits per heavy atom. The van der Waals surface area contributed by atoms with E-state index in [1.807, 2.05) is 0 Å². The highest BCUT2D eigenvalue weighted by molar-refractivity contribution is 5.95. The Hall–Kier alpha value is -2.18. The van der Waals surface area contributed by atoms with Crippen LogP contribution in [0.15, 0.2) is 12.1 Å². The standard InChI is InChI=1S/C17H21F2NO4/c1-10-7-12(8-11(2)13(10)24-16(18)19)14(21)20-6-4-5-17(3,9-20)15(22)23/h7-8,16H,4-6,9H2,1-3H3,(H,22,23). The Bertz CT molecular complexity index is 639. The number of aryl methyl sites for hydroxylation is 2. The largest absolute Gasteiger partial charge is 0.481 e. The first-order chi connectivity index (χ1) is 11.1. The highest BCUT2D eigenvalue weighted by Crippen LogP contribution is 2.32. The van der Waals surface area contributed by atoms with Gasteiger partial charge in [0.1, 0.15) is 5.75 Å². The lowest BCUT2D eigenvalue weighted by Gasteiger charge is -2.37. The molecule has 1 aromatic rings. The van der Waals surface area contributed by atoms with Crippen molar-refractivity contribution < 1.29 is 28.2 Å². The highest BCUT2D eigenvalue weighted by Gasteiger charge is 2.39. The molecule has 0 bridgehead atoms. The molecule has 24 heavy (non-hydrogen) atoms. The minimum absolute atomic E-state index is 0.0653. The van der Waals surface area contributed by atoms with Crippen molar-refractivity contribution in [2.24, 2.45) is 5.41 Å². The lowest BCUT2D eigenvalue weighted by atomic mass is 9.82. The quantitative estimate of drug-likeness (QED) is 0.913. The van der Waals surface area contributed by atoms with Gasteiger partial charge >= 0.3 is 12.6 Å². The van der Waals surface area contributed by atoms with E-state index in [1.165, 1.54) is 17.0 Å². The van der Waals surface area contributed by atoms with Crippen molar-refractivity contribution >= 4 is 11.9 Å². The normalized spacial score (nSPS) is 21.0. The molecule has 1 aliphatic rings. The highest BCUT2D eigenvalue weighted by atomic mass is 19.3. The maximum atomic E-state index is 12.7. The zero-order chi connectivity index (χ0) is 18.1. The molecule has 1 aliphatic heterocycles. The lowest BCUT2D eigenvalue weighted by molar-refractivity contribution is -0.150. The topological polar surface area (TPSA) is 66.8 Å². The van der Waals surface area contributed by atoms with Crippen LogP contribution in [0.3, 0.4) is 0 Å². The molecule has 0 radical (unpaired) electrons. The second-order valence-electron chi connectivity index (χ2n) is 6.51. The molecule has 1 saturated heterocycles. The summed E-state index contributed by atoms with van der Waals surface area (Å²) in [7, 11) is 0. The van der Waals surface area contributed by atoms with E-state index in [0.717, 1.165) is 0 Å². The third-order valence-electron chi connectivity index (χ3n) is 4.41. The van der Waals surface area contributed by atoms with Crippen LogP contribution in [0.2, 0.25) is 0 Å². The van der Waals surface area contributed by atoms with Crippen molar-refractivity contribution in [2.75, 3.05) is 13.1 Å². The minimum atomic E-state index is -2.93. The number of hydrogen-bond donors (Lipinski definition) is 1. The van der Waals surface area contributed by atoms with Crippen LogP contribution in [0, 0.1) is 19.3 Å². The van der Waals surface area contributed by atoms with Gasteiger partial charge in [-0.15, -0.1) is 0 Å². The van der Waals surface area contributed by atoms with Gasteiger partial charge in [-0.05, 0) is 56.9 Å². The molecule has 1 atom stereocenters. The van der Waals surface area contributed by atoms with Crippen molar-refractivity contribution in [3.63, 3.8) is 0 Å². The molecule has 1 unspecified atom stereocenters. The number of likely N-dealkylation sites (tertiary alicyclic amines) is 1. The fraction of sp³-hybridized carbons (Fsp3) is 0.529. The third-order valence-corrected chi connectivity index (χ3v) is 4.41. The van der Waals surface area contributed by atoms with Crippen LogP contribution in [0.1, 0.15) is 41.3 Å². The maximum Gasteiger partial charge on any atom is 0.387 e. The number of carboxylic acids is 1. The van der Waals surface area contributed by atoms with Crippen molar-refractivity contribution in [1.82, 2.24) is 4.90 Å². The predicted octanol–water partition coefficient (Wildman–Crippen LogP) is 3.23. The molecule has 5 nitrogen and oxygen atoms in total. The number of hydrogen-bond acceptors (Lipinski definition) is 3. The Morgan fingerprint density at radius 2 is 1.88 bits per heavy atom. The number of carboxylic acid groups (broad SMARTS) is 1. The number of nitrogens with zero attached hydrogens (tertiary/aromatic N) is 1. The molecule has 132 valence electrons. The fourth-order valence-electron chi connectivity index (χ4n) is 3.12. The van der Waals surface area contributed by atoms with Gasteiger partial charge in [-0.3, -0.25) is 9.59 Å². The molecule has 1 fully saturated rings. The third kappa shape index (κ3) is 3.66. The Kier molecular flexibility index (Phi) is 5.11. The number of carbonyl (C=O) groups is 2. The molecule has 1 N–H and O–H groups in total. The van der Waals surface area contributed by atoms with Crippen LogP contribution in [0.5, 0.6) is 5.75 Å². The van der Waals surface area contributed by atoms with E-state index < -0.39 is 18.0 Å². The second-order valence-corrected chi connectivity index (χ2v) is 6.51. The predicted molar refractivity (Wildman–Crippen MR) is 83.4 cm³/mol. The molecule has 0 spiro atoms. The van der Waals surface area contributed by atoms with Gasteiger partial charge in [-0.25, -0.2) is 0 Å². The monoisotopic (exact) mass is 341 g/mol.